The van der Waals surface area contributed by atoms with Gasteiger partial charge in [-0.15, -0.1) is 0 Å². The van der Waals surface area contributed by atoms with Crippen molar-refractivity contribution in [1.29, 1.82) is 0 Å². The largest absolute Gasteiger partial charge is 0.496 e. The summed E-state index contributed by atoms with van der Waals surface area (Å²) in [7, 11) is 2.58. The molecule has 1 rings (SSSR count). The third-order valence-electron chi connectivity index (χ3n) is 1.97. The first-order valence-electron chi connectivity index (χ1n) is 4.46. The van der Waals surface area contributed by atoms with Crippen LogP contribution in [0.4, 0.5) is 8.78 Å². The number of ether oxygens (including phenoxy) is 2. The molecular formula is C10H11F2NO3. The van der Waals surface area contributed by atoms with Gasteiger partial charge in [-0.1, -0.05) is 0 Å². The van der Waals surface area contributed by atoms with Gasteiger partial charge in [0.2, 0.25) is 0 Å². The summed E-state index contributed by atoms with van der Waals surface area (Å²) in [5.74, 6) is -0.277. The lowest BCUT2D eigenvalue weighted by atomic mass is 10.1. The average Bonchev–Trinajstić information content (AvgIpc) is 2.29. The Bertz CT molecular complexity index is 382. The summed E-state index contributed by atoms with van der Waals surface area (Å²) in [5.41, 5.74) is 0.0317. The van der Waals surface area contributed by atoms with Gasteiger partial charge < -0.3 is 9.47 Å². The maximum absolute atomic E-state index is 12.3. The quantitative estimate of drug-likeness (QED) is 0.740. The molecule has 1 aromatic rings. The first-order valence-corrected chi connectivity index (χ1v) is 4.46. The molecule has 0 atom stereocenters. The predicted molar refractivity (Wildman–Crippen MR) is 51.5 cm³/mol. The van der Waals surface area contributed by atoms with Crippen LogP contribution in [0.2, 0.25) is 0 Å². The smallest absolute Gasteiger partial charge is 0.310 e. The fourth-order valence-corrected chi connectivity index (χ4v) is 1.15. The third-order valence-corrected chi connectivity index (χ3v) is 1.97. The number of esters is 1. The summed E-state index contributed by atoms with van der Waals surface area (Å²) in [6.07, 6.45) is -1.53. The number of alkyl halides is 2. The highest BCUT2D eigenvalue weighted by Gasteiger charge is 2.14. The highest BCUT2D eigenvalue weighted by atomic mass is 19.3. The van der Waals surface area contributed by atoms with Crippen molar-refractivity contribution in [3.05, 3.63) is 23.5 Å². The Hall–Kier alpha value is -1.72. The summed E-state index contributed by atoms with van der Waals surface area (Å²) in [5, 5.41) is 0. The number of pyridine rings is 1. The lowest BCUT2D eigenvalue weighted by Crippen LogP contribution is -2.07. The molecule has 0 aliphatic carbocycles. The Morgan fingerprint density at radius 3 is 2.69 bits per heavy atom. The summed E-state index contributed by atoms with van der Waals surface area (Å²) >= 11 is 0. The first-order chi connectivity index (χ1) is 7.58. The van der Waals surface area contributed by atoms with Gasteiger partial charge in [0.05, 0.1) is 20.6 Å². The van der Waals surface area contributed by atoms with Gasteiger partial charge in [0.1, 0.15) is 11.4 Å². The number of rotatable bonds is 4. The van der Waals surface area contributed by atoms with E-state index >= 15 is 0 Å². The Morgan fingerprint density at radius 1 is 1.50 bits per heavy atom. The second-order valence-electron chi connectivity index (χ2n) is 2.97. The van der Waals surface area contributed by atoms with E-state index in [1.54, 1.807) is 0 Å². The minimum atomic E-state index is -2.67. The molecule has 16 heavy (non-hydrogen) atoms. The van der Waals surface area contributed by atoms with Crippen LogP contribution in [-0.4, -0.2) is 25.2 Å². The standard InChI is InChI=1S/C10H11F2NO3/c1-15-8-4-7(10(11)12)13-5-6(8)3-9(14)16-2/h4-5,10H,3H2,1-2H3. The molecule has 0 saturated heterocycles. The van der Waals surface area contributed by atoms with E-state index in [2.05, 4.69) is 9.72 Å². The molecule has 88 valence electrons. The van der Waals surface area contributed by atoms with Crippen LogP contribution in [0.25, 0.3) is 0 Å². The molecule has 0 aromatic carbocycles. The molecule has 6 heteroatoms. The van der Waals surface area contributed by atoms with Gasteiger partial charge in [0.15, 0.2) is 0 Å². The van der Waals surface area contributed by atoms with Crippen molar-refractivity contribution in [2.75, 3.05) is 14.2 Å². The fraction of sp³-hybridized carbons (Fsp3) is 0.400. The molecule has 0 aliphatic heterocycles. The summed E-state index contributed by atoms with van der Waals surface area (Å²) < 4.78 is 34.0. The van der Waals surface area contributed by atoms with Crippen molar-refractivity contribution in [3.8, 4) is 5.75 Å². The molecule has 0 saturated carbocycles. The predicted octanol–water partition coefficient (Wildman–Crippen LogP) is 1.74. The van der Waals surface area contributed by atoms with Crippen LogP contribution in [0.15, 0.2) is 12.3 Å². The molecule has 0 amide bonds. The Kier molecular flexibility index (Phi) is 4.16. The second kappa shape index (κ2) is 5.39. The van der Waals surface area contributed by atoms with Crippen molar-refractivity contribution in [3.63, 3.8) is 0 Å². The van der Waals surface area contributed by atoms with Gasteiger partial charge in [0.25, 0.3) is 6.43 Å². The van der Waals surface area contributed by atoms with Crippen LogP contribution in [0.5, 0.6) is 5.75 Å². The van der Waals surface area contributed by atoms with Crippen molar-refractivity contribution >= 4 is 5.97 Å². The van der Waals surface area contributed by atoms with E-state index in [1.165, 1.54) is 20.4 Å². The van der Waals surface area contributed by atoms with E-state index in [0.29, 0.717) is 5.56 Å². The Labute approximate surface area is 91.2 Å². The number of carbonyl (C=O) groups is 1. The van der Waals surface area contributed by atoms with E-state index in [4.69, 9.17) is 4.74 Å². The van der Waals surface area contributed by atoms with Crippen LogP contribution in [-0.2, 0) is 16.0 Å². The van der Waals surface area contributed by atoms with Gasteiger partial charge in [-0.2, -0.15) is 0 Å². The van der Waals surface area contributed by atoms with Gasteiger partial charge in [0, 0.05) is 17.8 Å². The lowest BCUT2D eigenvalue weighted by Gasteiger charge is -2.08. The average molecular weight is 231 g/mol. The van der Waals surface area contributed by atoms with Gasteiger partial charge in [-0.05, 0) is 0 Å². The van der Waals surface area contributed by atoms with Crippen LogP contribution in [0.3, 0.4) is 0 Å². The molecule has 1 heterocycles. The zero-order valence-corrected chi connectivity index (χ0v) is 8.87. The molecule has 0 unspecified atom stereocenters. The number of methoxy groups -OCH3 is 2. The molecule has 0 aliphatic rings. The molecule has 0 N–H and O–H groups in total. The molecular weight excluding hydrogens is 220 g/mol. The van der Waals surface area contributed by atoms with E-state index in [9.17, 15) is 13.6 Å². The van der Waals surface area contributed by atoms with Crippen molar-refractivity contribution in [2.45, 2.75) is 12.8 Å². The summed E-state index contributed by atoms with van der Waals surface area (Å²) in [6, 6.07) is 1.11. The normalized spacial score (nSPS) is 10.3. The molecule has 4 nitrogen and oxygen atoms in total. The number of aromatic nitrogens is 1. The van der Waals surface area contributed by atoms with Crippen molar-refractivity contribution in [2.24, 2.45) is 0 Å². The third kappa shape index (κ3) is 2.88. The lowest BCUT2D eigenvalue weighted by molar-refractivity contribution is -0.139. The maximum atomic E-state index is 12.3. The van der Waals surface area contributed by atoms with Gasteiger partial charge in [-0.3, -0.25) is 9.78 Å². The number of halogens is 2. The van der Waals surface area contributed by atoms with Crippen LogP contribution >= 0.6 is 0 Å². The topological polar surface area (TPSA) is 48.4 Å². The number of hydrogen-bond donors (Lipinski definition) is 0. The zero-order valence-electron chi connectivity index (χ0n) is 8.87. The van der Waals surface area contributed by atoms with Gasteiger partial charge in [-0.25, -0.2) is 8.78 Å². The molecule has 1 aromatic heterocycles. The monoisotopic (exact) mass is 231 g/mol. The highest BCUT2D eigenvalue weighted by Crippen LogP contribution is 2.24. The highest BCUT2D eigenvalue weighted by molar-refractivity contribution is 5.73. The van der Waals surface area contributed by atoms with Crippen molar-refractivity contribution < 1.29 is 23.0 Å². The number of nitrogens with zero attached hydrogens (tertiary/aromatic N) is 1. The maximum Gasteiger partial charge on any atom is 0.310 e. The number of carbonyl (C=O) groups excluding carboxylic acids is 1. The van der Waals surface area contributed by atoms with E-state index in [1.807, 2.05) is 0 Å². The Morgan fingerprint density at radius 2 is 2.19 bits per heavy atom. The summed E-state index contributed by atoms with van der Waals surface area (Å²) in [6.45, 7) is 0. The first kappa shape index (κ1) is 12.4. The van der Waals surface area contributed by atoms with Crippen LogP contribution in [0, 0.1) is 0 Å². The second-order valence-corrected chi connectivity index (χ2v) is 2.97. The fourth-order valence-electron chi connectivity index (χ4n) is 1.15. The zero-order chi connectivity index (χ0) is 12.1. The summed E-state index contributed by atoms with van der Waals surface area (Å²) in [4.78, 5) is 14.6. The molecule has 0 fully saturated rings. The van der Waals surface area contributed by atoms with Gasteiger partial charge >= 0.3 is 5.97 Å². The minimum Gasteiger partial charge on any atom is -0.496 e. The van der Waals surface area contributed by atoms with E-state index in [0.717, 1.165) is 6.07 Å². The SMILES string of the molecule is COC(=O)Cc1cnc(C(F)F)cc1OC. The Balaban J connectivity index is 2.97. The van der Waals surface area contributed by atoms with Crippen molar-refractivity contribution in [1.82, 2.24) is 4.98 Å². The molecule has 0 spiro atoms. The van der Waals surface area contributed by atoms with Crippen LogP contribution < -0.4 is 4.74 Å². The van der Waals surface area contributed by atoms with Crippen LogP contribution in [0.1, 0.15) is 17.7 Å². The van der Waals surface area contributed by atoms with E-state index in [-0.39, 0.29) is 17.9 Å². The molecule has 0 radical (unpaired) electrons. The molecule has 0 bridgehead atoms. The van der Waals surface area contributed by atoms with E-state index < -0.39 is 12.4 Å². The minimum absolute atomic E-state index is 0.0593. The number of hydrogen-bond acceptors (Lipinski definition) is 4.